The lowest BCUT2D eigenvalue weighted by Crippen LogP contribution is -2.21. The summed E-state index contributed by atoms with van der Waals surface area (Å²) in [4.78, 5) is 3.01. The molecule has 0 saturated carbocycles. The summed E-state index contributed by atoms with van der Waals surface area (Å²) in [6.45, 7) is 0. The van der Waals surface area contributed by atoms with Crippen LogP contribution in [0.3, 0.4) is 0 Å². The second-order valence-electron chi connectivity index (χ2n) is 4.10. The van der Waals surface area contributed by atoms with E-state index in [2.05, 4.69) is 9.70 Å². The molecule has 1 rings (SSSR count). The molecule has 1 N–H and O–H groups in total. The fourth-order valence-electron chi connectivity index (χ4n) is 1.24. The van der Waals surface area contributed by atoms with Gasteiger partial charge in [0.2, 0.25) is 21.2 Å². The van der Waals surface area contributed by atoms with Crippen molar-refractivity contribution in [3.05, 3.63) is 17.1 Å². The zero-order chi connectivity index (χ0) is 20.1. The minimum Gasteiger partial charge on any atom is -0.741 e. The minimum atomic E-state index is -6.09. The number of anilines is 1. The van der Waals surface area contributed by atoms with E-state index < -0.39 is 25.6 Å². The molecule has 1 aromatic rings. The molecular weight excluding hydrogens is 395 g/mol. The SMILES string of the molecule is COc1cc(NS(C)(=O)=O)c(OC)cc1[N+]#N.O=S(=O)([O-])C(F)(F)F. The van der Waals surface area contributed by atoms with Crippen LogP contribution in [-0.2, 0) is 20.1 Å². The zero-order valence-corrected chi connectivity index (χ0v) is 14.5. The van der Waals surface area contributed by atoms with E-state index in [1.807, 2.05) is 0 Å². The second-order valence-corrected chi connectivity index (χ2v) is 7.22. The fourth-order valence-corrected chi connectivity index (χ4v) is 1.80. The van der Waals surface area contributed by atoms with Gasteiger partial charge in [0.05, 0.1) is 32.2 Å². The number of hydrogen-bond acceptors (Lipinski definition) is 8. The zero-order valence-electron chi connectivity index (χ0n) is 12.9. The first-order valence-electron chi connectivity index (χ1n) is 5.77. The summed E-state index contributed by atoms with van der Waals surface area (Å²) in [6.07, 6.45) is 1.02. The number of benzene rings is 1. The third-order valence-electron chi connectivity index (χ3n) is 2.19. The molecule has 0 unspecified atom stereocenters. The largest absolute Gasteiger partial charge is 0.741 e. The molecule has 0 saturated heterocycles. The number of ether oxygens (including phenoxy) is 2. The number of nitrogens with one attached hydrogen (secondary N) is 1. The number of nitrogens with zero attached hydrogens (tertiary/aromatic N) is 2. The van der Waals surface area contributed by atoms with E-state index in [1.165, 1.54) is 26.4 Å². The highest BCUT2D eigenvalue weighted by molar-refractivity contribution is 7.92. The summed E-state index contributed by atoms with van der Waals surface area (Å²) in [5.74, 6) is 0.448. The molecule has 0 aliphatic rings. The predicted molar refractivity (Wildman–Crippen MR) is 78.5 cm³/mol. The average Bonchev–Trinajstić information content (AvgIpc) is 2.43. The van der Waals surface area contributed by atoms with Crippen molar-refractivity contribution in [2.75, 3.05) is 25.2 Å². The molecule has 0 fully saturated rings. The summed E-state index contributed by atoms with van der Waals surface area (Å²) in [7, 11) is -6.78. The molecule has 10 nitrogen and oxygen atoms in total. The first-order valence-corrected chi connectivity index (χ1v) is 9.07. The Morgan fingerprint density at radius 2 is 1.56 bits per heavy atom. The Balaban J connectivity index is 0.000000609. The number of methoxy groups -OCH3 is 2. The van der Waals surface area contributed by atoms with Crippen LogP contribution in [0.25, 0.3) is 4.98 Å². The lowest BCUT2D eigenvalue weighted by atomic mass is 10.2. The minimum absolute atomic E-state index is 0.142. The molecule has 0 radical (unpaired) electrons. The van der Waals surface area contributed by atoms with Gasteiger partial charge in [0.1, 0.15) is 0 Å². The number of alkyl halides is 3. The second kappa shape index (κ2) is 8.18. The third kappa shape index (κ3) is 7.41. The van der Waals surface area contributed by atoms with Crippen LogP contribution >= 0.6 is 0 Å². The Morgan fingerprint density at radius 3 is 1.84 bits per heavy atom. The molecule has 0 aliphatic heterocycles. The Hall–Kier alpha value is -2.31. The Labute approximate surface area is 141 Å². The maximum atomic E-state index is 11.1. The predicted octanol–water partition coefficient (Wildman–Crippen LogP) is 1.61. The summed E-state index contributed by atoms with van der Waals surface area (Å²) in [5, 5.41) is 8.74. The van der Waals surface area contributed by atoms with Gasteiger partial charge in [-0.1, -0.05) is 0 Å². The van der Waals surface area contributed by atoms with Crippen LogP contribution in [0.5, 0.6) is 11.5 Å². The van der Waals surface area contributed by atoms with Crippen molar-refractivity contribution in [2.24, 2.45) is 0 Å². The van der Waals surface area contributed by atoms with Crippen molar-refractivity contribution in [3.8, 4) is 11.5 Å². The van der Waals surface area contributed by atoms with Crippen LogP contribution in [0.4, 0.5) is 24.5 Å². The molecule has 0 heterocycles. The van der Waals surface area contributed by atoms with E-state index in [1.54, 1.807) is 0 Å². The van der Waals surface area contributed by atoms with Crippen LogP contribution in [0.2, 0.25) is 0 Å². The topological polar surface area (TPSA) is 150 Å². The number of sulfonamides is 1. The first-order chi connectivity index (χ1) is 11.2. The molecule has 0 spiro atoms. The molecule has 0 atom stereocenters. The van der Waals surface area contributed by atoms with Crippen LogP contribution in [0, 0.1) is 5.39 Å². The monoisotopic (exact) mass is 407 g/mol. The van der Waals surface area contributed by atoms with Crippen molar-refractivity contribution in [1.29, 1.82) is 5.39 Å². The van der Waals surface area contributed by atoms with Gasteiger partial charge >= 0.3 is 11.2 Å². The van der Waals surface area contributed by atoms with Gasteiger partial charge in [-0.25, -0.2) is 16.8 Å². The van der Waals surface area contributed by atoms with Crippen LogP contribution in [0.1, 0.15) is 0 Å². The number of halogens is 3. The normalized spacial score (nSPS) is 11.6. The summed E-state index contributed by atoms with van der Waals surface area (Å²) >= 11 is 0. The number of rotatable bonds is 4. The Bertz CT molecular complexity index is 861. The van der Waals surface area contributed by atoms with Crippen molar-refractivity contribution < 1.29 is 44.0 Å². The van der Waals surface area contributed by atoms with E-state index in [9.17, 15) is 21.6 Å². The number of diazo groups is 1. The average molecular weight is 407 g/mol. The van der Waals surface area contributed by atoms with E-state index in [0.717, 1.165) is 6.26 Å². The van der Waals surface area contributed by atoms with Gasteiger partial charge in [-0.05, 0) is 0 Å². The fraction of sp³-hybridized carbons (Fsp3) is 0.400. The standard InChI is InChI=1S/C9H12N3O4S.CHF3O3S/c1-15-8-5-7(12-17(3,13)14)9(16-2)4-6(8)11-10;2-1(3,4)8(5,6)7/h4-5,12H,1-3H3;(H,5,6,7)/q+1;/p-1. The number of hydrogen-bond donors (Lipinski definition) is 1. The van der Waals surface area contributed by atoms with Gasteiger partial charge in [0.15, 0.2) is 20.8 Å². The van der Waals surface area contributed by atoms with E-state index in [0.29, 0.717) is 0 Å². The molecule has 142 valence electrons. The highest BCUT2D eigenvalue weighted by Crippen LogP contribution is 2.38. The molecule has 0 aromatic heterocycles. The summed E-state index contributed by atoms with van der Waals surface area (Å²) in [5.41, 5.74) is -5.30. The maximum Gasteiger partial charge on any atom is 0.485 e. The van der Waals surface area contributed by atoms with Gasteiger partial charge in [0.25, 0.3) is 0 Å². The molecule has 1 aromatic carbocycles. The lowest BCUT2D eigenvalue weighted by Gasteiger charge is -2.09. The smallest absolute Gasteiger partial charge is 0.485 e. The quantitative estimate of drug-likeness (QED) is 0.449. The summed E-state index contributed by atoms with van der Waals surface area (Å²) < 4.78 is 93.4. The van der Waals surface area contributed by atoms with Gasteiger partial charge in [-0.2, -0.15) is 13.2 Å². The Kier molecular flexibility index (Phi) is 7.42. The van der Waals surface area contributed by atoms with Crippen LogP contribution in [-0.4, -0.2) is 47.4 Å². The molecule has 25 heavy (non-hydrogen) atoms. The highest BCUT2D eigenvalue weighted by Gasteiger charge is 2.36. The molecule has 0 amide bonds. The first kappa shape index (κ1) is 22.7. The molecule has 15 heteroatoms. The Morgan fingerprint density at radius 1 is 1.12 bits per heavy atom. The molecule has 0 bridgehead atoms. The van der Waals surface area contributed by atoms with Crippen molar-refractivity contribution in [2.45, 2.75) is 5.51 Å². The van der Waals surface area contributed by atoms with Gasteiger partial charge in [-0.15, -0.1) is 0 Å². The van der Waals surface area contributed by atoms with Gasteiger partial charge in [0, 0.05) is 6.07 Å². The maximum absolute atomic E-state index is 11.1. The van der Waals surface area contributed by atoms with Crippen molar-refractivity contribution in [3.63, 3.8) is 0 Å². The lowest BCUT2D eigenvalue weighted by molar-refractivity contribution is -0.0517. The van der Waals surface area contributed by atoms with Crippen LogP contribution in [0.15, 0.2) is 12.1 Å². The van der Waals surface area contributed by atoms with Crippen molar-refractivity contribution >= 4 is 31.5 Å². The third-order valence-corrected chi connectivity index (χ3v) is 3.35. The van der Waals surface area contributed by atoms with Crippen molar-refractivity contribution in [1.82, 2.24) is 0 Å². The van der Waals surface area contributed by atoms with E-state index in [4.69, 9.17) is 27.8 Å². The van der Waals surface area contributed by atoms with E-state index in [-0.39, 0.29) is 22.9 Å². The van der Waals surface area contributed by atoms with Crippen LogP contribution < -0.4 is 14.2 Å². The van der Waals surface area contributed by atoms with E-state index >= 15 is 0 Å². The van der Waals surface area contributed by atoms with Gasteiger partial charge in [-0.3, -0.25) is 4.72 Å². The highest BCUT2D eigenvalue weighted by atomic mass is 32.2. The van der Waals surface area contributed by atoms with Gasteiger partial charge < -0.3 is 14.0 Å². The molecule has 0 aliphatic carbocycles. The molecular formula is C10H12F3N3O7S2. The summed E-state index contributed by atoms with van der Waals surface area (Å²) in [6, 6.07) is 2.72.